The number of aliphatic hydroxyl groups excluding tert-OH is 1. The molecule has 1 atom stereocenters. The highest BCUT2D eigenvalue weighted by atomic mass is 16.7. The third-order valence-electron chi connectivity index (χ3n) is 10.7. The Morgan fingerprint density at radius 2 is 1.14 bits per heavy atom. The van der Waals surface area contributed by atoms with Crippen LogP contribution in [0.15, 0.2) is 24.3 Å². The molecule has 2 aliphatic carbocycles. The zero-order valence-corrected chi connectivity index (χ0v) is 32.9. The summed E-state index contributed by atoms with van der Waals surface area (Å²) in [5, 5.41) is 9.79. The summed E-state index contributed by atoms with van der Waals surface area (Å²) < 4.78 is 23.2. The summed E-state index contributed by atoms with van der Waals surface area (Å²) in [6.45, 7) is 3.43. The second-order valence-electron chi connectivity index (χ2n) is 15.4. The van der Waals surface area contributed by atoms with E-state index in [2.05, 4.69) is 31.2 Å². The maximum absolute atomic E-state index is 12.6. The van der Waals surface area contributed by atoms with E-state index in [1.54, 1.807) is 0 Å². The largest absolute Gasteiger partial charge is 0.465 e. The molecule has 2 aliphatic rings. The molecule has 0 aromatic carbocycles. The molecule has 0 aromatic rings. The lowest BCUT2D eigenvalue weighted by atomic mass is 9.86. The first-order valence-corrected chi connectivity index (χ1v) is 21.6. The van der Waals surface area contributed by atoms with Crippen molar-refractivity contribution < 1.29 is 33.6 Å². The minimum atomic E-state index is -0.426. The molecular weight excluding hydrogens is 640 g/mol. The molecule has 1 unspecified atom stereocenters. The number of hydrogen-bond donors (Lipinski definition) is 1. The number of carbonyl (C=O) groups excluding carboxylic acids is 2. The van der Waals surface area contributed by atoms with Crippen LogP contribution in [0.25, 0.3) is 0 Å². The van der Waals surface area contributed by atoms with Crippen molar-refractivity contribution in [1.82, 2.24) is 0 Å². The van der Waals surface area contributed by atoms with Gasteiger partial charge in [-0.1, -0.05) is 128 Å². The van der Waals surface area contributed by atoms with Crippen molar-refractivity contribution in [3.63, 3.8) is 0 Å². The summed E-state index contributed by atoms with van der Waals surface area (Å²) in [5.41, 5.74) is 0. The van der Waals surface area contributed by atoms with Crippen molar-refractivity contribution in [2.45, 2.75) is 193 Å². The molecule has 0 amide bonds. The van der Waals surface area contributed by atoms with Gasteiger partial charge in [0.1, 0.15) is 0 Å². The summed E-state index contributed by atoms with van der Waals surface area (Å²) in [6.07, 6.45) is 40.3. The molecule has 1 N–H and O–H groups in total. The summed E-state index contributed by atoms with van der Waals surface area (Å²) in [5.74, 6) is 0.638. The number of aliphatic hydroxyl groups is 1. The van der Waals surface area contributed by atoms with Crippen molar-refractivity contribution in [2.24, 2.45) is 17.8 Å². The Labute approximate surface area is 313 Å². The fourth-order valence-electron chi connectivity index (χ4n) is 7.38. The van der Waals surface area contributed by atoms with Gasteiger partial charge < -0.3 is 24.1 Å². The molecule has 51 heavy (non-hydrogen) atoms. The van der Waals surface area contributed by atoms with Crippen molar-refractivity contribution in [2.75, 3.05) is 33.0 Å². The highest BCUT2D eigenvalue weighted by Gasteiger charge is 2.19. The van der Waals surface area contributed by atoms with Crippen LogP contribution in [0.4, 0.5) is 0 Å². The van der Waals surface area contributed by atoms with Crippen LogP contribution in [0, 0.1) is 17.8 Å². The Bertz CT molecular complexity index is 849. The average Bonchev–Trinajstić information content (AvgIpc) is 3.16. The van der Waals surface area contributed by atoms with E-state index in [4.69, 9.17) is 18.9 Å². The molecule has 0 spiro atoms. The van der Waals surface area contributed by atoms with Gasteiger partial charge in [0.25, 0.3) is 0 Å². The third-order valence-corrected chi connectivity index (χ3v) is 10.7. The quantitative estimate of drug-likeness (QED) is 0.0320. The number of esters is 2. The standard InChI is InChI=1S/C44H78O7/c1-2-3-4-5-6-7-8-9-10-11-12-13-14-15-22-31-42(46)50-37-41(36-45)38-51-43(47)32-33-44(48-34-23-29-39-25-18-16-19-26-39)49-35-24-30-40-27-20-17-21-28-40/h6-7,9-10,39-41,44-45H,2-5,8,11-38H2,1H3/b7-6-,10-9-. The van der Waals surface area contributed by atoms with Gasteiger partial charge in [0.2, 0.25) is 0 Å². The fourth-order valence-corrected chi connectivity index (χ4v) is 7.38. The highest BCUT2D eigenvalue weighted by molar-refractivity contribution is 5.69. The van der Waals surface area contributed by atoms with E-state index in [9.17, 15) is 14.7 Å². The third kappa shape index (κ3) is 26.7. The van der Waals surface area contributed by atoms with Crippen LogP contribution in [0.2, 0.25) is 0 Å². The topological polar surface area (TPSA) is 91.3 Å². The lowest BCUT2D eigenvalue weighted by Gasteiger charge is -2.23. The van der Waals surface area contributed by atoms with Gasteiger partial charge in [-0.2, -0.15) is 0 Å². The highest BCUT2D eigenvalue weighted by Crippen LogP contribution is 2.28. The molecule has 2 fully saturated rings. The molecule has 2 saturated carbocycles. The van der Waals surface area contributed by atoms with Gasteiger partial charge in [-0.3, -0.25) is 9.59 Å². The van der Waals surface area contributed by atoms with E-state index in [0.29, 0.717) is 26.1 Å². The van der Waals surface area contributed by atoms with Gasteiger partial charge in [-0.05, 0) is 76.0 Å². The fraction of sp³-hybridized carbons (Fsp3) is 0.864. The molecule has 296 valence electrons. The van der Waals surface area contributed by atoms with Gasteiger partial charge in [0, 0.05) is 26.1 Å². The van der Waals surface area contributed by atoms with Crippen LogP contribution in [0.3, 0.4) is 0 Å². The first-order chi connectivity index (χ1) is 25.1. The van der Waals surface area contributed by atoms with Gasteiger partial charge in [-0.15, -0.1) is 0 Å². The number of unbranched alkanes of at least 4 members (excludes halogenated alkanes) is 8. The van der Waals surface area contributed by atoms with Crippen molar-refractivity contribution in [1.29, 1.82) is 0 Å². The second-order valence-corrected chi connectivity index (χ2v) is 15.4. The minimum absolute atomic E-state index is 0.0292. The number of allylic oxidation sites excluding steroid dienone is 4. The lowest BCUT2D eigenvalue weighted by molar-refractivity contribution is -0.161. The van der Waals surface area contributed by atoms with E-state index < -0.39 is 12.2 Å². The monoisotopic (exact) mass is 719 g/mol. The average molecular weight is 719 g/mol. The molecule has 0 saturated heterocycles. The summed E-state index contributed by atoms with van der Waals surface area (Å²) in [4.78, 5) is 24.9. The predicted molar refractivity (Wildman–Crippen MR) is 208 cm³/mol. The maximum Gasteiger partial charge on any atom is 0.305 e. The predicted octanol–water partition coefficient (Wildman–Crippen LogP) is 11.4. The van der Waals surface area contributed by atoms with Crippen LogP contribution < -0.4 is 0 Å². The zero-order chi connectivity index (χ0) is 36.5. The van der Waals surface area contributed by atoms with Gasteiger partial charge in [0.15, 0.2) is 6.29 Å². The van der Waals surface area contributed by atoms with Gasteiger partial charge in [0.05, 0.1) is 32.2 Å². The molecule has 0 heterocycles. The molecule has 7 heteroatoms. The molecule has 0 bridgehead atoms. The van der Waals surface area contributed by atoms with Crippen LogP contribution in [-0.2, 0) is 28.5 Å². The molecule has 0 radical (unpaired) electrons. The Kier molecular flexibility index (Phi) is 29.3. The smallest absolute Gasteiger partial charge is 0.305 e. The Morgan fingerprint density at radius 1 is 0.627 bits per heavy atom. The first-order valence-electron chi connectivity index (χ1n) is 21.6. The number of carbonyl (C=O) groups is 2. The number of hydrogen-bond acceptors (Lipinski definition) is 7. The summed E-state index contributed by atoms with van der Waals surface area (Å²) in [7, 11) is 0. The SMILES string of the molecule is CCCCC/C=C\C/C=C\CCCCCCCC(=O)OCC(CO)COC(=O)CCC(OCCCC1CCCCC1)OCCCC1CCCCC1. The summed E-state index contributed by atoms with van der Waals surface area (Å²) in [6, 6.07) is 0. The van der Waals surface area contributed by atoms with Crippen LogP contribution in [0.1, 0.15) is 187 Å². The molecule has 2 rings (SSSR count). The van der Waals surface area contributed by atoms with Crippen LogP contribution >= 0.6 is 0 Å². The number of rotatable bonds is 32. The molecular formula is C44H78O7. The molecule has 0 aliphatic heterocycles. The van der Waals surface area contributed by atoms with E-state index in [1.165, 1.54) is 116 Å². The van der Waals surface area contributed by atoms with Gasteiger partial charge >= 0.3 is 11.9 Å². The summed E-state index contributed by atoms with van der Waals surface area (Å²) >= 11 is 0. The van der Waals surface area contributed by atoms with Crippen molar-refractivity contribution in [3.8, 4) is 0 Å². The van der Waals surface area contributed by atoms with Crippen molar-refractivity contribution in [3.05, 3.63) is 24.3 Å². The van der Waals surface area contributed by atoms with E-state index >= 15 is 0 Å². The normalized spacial score (nSPS) is 16.8. The Balaban J connectivity index is 1.53. The lowest BCUT2D eigenvalue weighted by Crippen LogP contribution is -2.25. The minimum Gasteiger partial charge on any atom is -0.465 e. The van der Waals surface area contributed by atoms with E-state index in [-0.39, 0.29) is 38.2 Å². The van der Waals surface area contributed by atoms with E-state index in [0.717, 1.165) is 56.8 Å². The van der Waals surface area contributed by atoms with Crippen LogP contribution in [-0.4, -0.2) is 56.4 Å². The first kappa shape index (κ1) is 45.5. The Morgan fingerprint density at radius 3 is 1.69 bits per heavy atom. The second kappa shape index (κ2) is 32.9. The maximum atomic E-state index is 12.6. The van der Waals surface area contributed by atoms with E-state index in [1.807, 2.05) is 0 Å². The number of ether oxygens (including phenoxy) is 4. The zero-order valence-electron chi connectivity index (χ0n) is 32.9. The van der Waals surface area contributed by atoms with Crippen LogP contribution in [0.5, 0.6) is 0 Å². The molecule has 7 nitrogen and oxygen atoms in total. The molecule has 0 aromatic heterocycles. The Hall–Kier alpha value is -1.70. The van der Waals surface area contributed by atoms with Gasteiger partial charge in [-0.25, -0.2) is 0 Å². The van der Waals surface area contributed by atoms with Crippen molar-refractivity contribution >= 4 is 11.9 Å².